The Hall–Kier alpha value is -2.93. The number of esters is 1. The maximum atomic E-state index is 11.8. The minimum absolute atomic E-state index is 0.421. The number of allylic oxidation sites excluding steroid dienone is 2. The van der Waals surface area contributed by atoms with Crippen LogP contribution in [0.3, 0.4) is 0 Å². The highest BCUT2D eigenvalue weighted by Crippen LogP contribution is 2.22. The van der Waals surface area contributed by atoms with Gasteiger partial charge in [-0.1, -0.05) is 17.7 Å². The number of carbonyl (C=O) groups excluding carboxylic acids is 2. The van der Waals surface area contributed by atoms with Gasteiger partial charge in [0.15, 0.2) is 6.04 Å². The Bertz CT molecular complexity index is 732. The molecule has 7 nitrogen and oxygen atoms in total. The lowest BCUT2D eigenvalue weighted by atomic mass is 10.0. The molecule has 1 aromatic rings. The number of aliphatic hydroxyl groups excluding tert-OH is 1. The molecule has 7 heteroatoms. The van der Waals surface area contributed by atoms with Crippen LogP contribution in [0.2, 0.25) is 0 Å². The summed E-state index contributed by atoms with van der Waals surface area (Å²) in [5, 5.41) is 19.9. The fourth-order valence-electron chi connectivity index (χ4n) is 2.01. The topological polar surface area (TPSA) is 113 Å². The van der Waals surface area contributed by atoms with Crippen molar-refractivity contribution in [3.63, 3.8) is 0 Å². The van der Waals surface area contributed by atoms with Gasteiger partial charge >= 0.3 is 11.9 Å². The molecule has 3 N–H and O–H groups in total. The molecular formula is C19H23NO6. The third kappa shape index (κ3) is 7.31. The monoisotopic (exact) mass is 361 g/mol. The molecule has 1 atom stereocenters. The average molecular weight is 361 g/mol. The van der Waals surface area contributed by atoms with Crippen LogP contribution in [0.15, 0.2) is 35.9 Å². The number of carbonyl (C=O) groups is 3. The molecule has 0 aliphatic carbocycles. The molecule has 0 heterocycles. The van der Waals surface area contributed by atoms with Gasteiger partial charge in [0.2, 0.25) is 5.91 Å². The predicted molar refractivity (Wildman–Crippen MR) is 96.6 cm³/mol. The van der Waals surface area contributed by atoms with E-state index in [4.69, 9.17) is 14.9 Å². The highest BCUT2D eigenvalue weighted by Gasteiger charge is 2.17. The second-order valence-corrected chi connectivity index (χ2v) is 5.86. The molecule has 1 rings (SSSR count). The van der Waals surface area contributed by atoms with E-state index in [1.165, 1.54) is 19.1 Å². The van der Waals surface area contributed by atoms with E-state index in [1.54, 1.807) is 18.2 Å². The second kappa shape index (κ2) is 10.1. The first-order valence-electron chi connectivity index (χ1n) is 8.00. The smallest absolute Gasteiger partial charge is 0.328 e. The zero-order chi connectivity index (χ0) is 19.7. The summed E-state index contributed by atoms with van der Waals surface area (Å²) in [5.74, 6) is -1.93. The molecule has 1 amide bonds. The number of benzene rings is 1. The van der Waals surface area contributed by atoms with E-state index in [0.717, 1.165) is 11.1 Å². The molecule has 0 aliphatic rings. The summed E-state index contributed by atoms with van der Waals surface area (Å²) in [4.78, 5) is 33.8. The Morgan fingerprint density at radius 2 is 1.92 bits per heavy atom. The van der Waals surface area contributed by atoms with Crippen molar-refractivity contribution < 1.29 is 29.3 Å². The summed E-state index contributed by atoms with van der Waals surface area (Å²) < 4.78 is 5.19. The number of rotatable bonds is 8. The Morgan fingerprint density at radius 3 is 2.46 bits per heavy atom. The largest absolute Gasteiger partial charge is 0.480 e. The maximum absolute atomic E-state index is 11.8. The van der Waals surface area contributed by atoms with Crippen LogP contribution in [-0.4, -0.2) is 40.7 Å². The summed E-state index contributed by atoms with van der Waals surface area (Å²) >= 11 is 0. The van der Waals surface area contributed by atoms with Crippen LogP contribution in [0.1, 0.15) is 31.9 Å². The number of hydrogen-bond acceptors (Lipinski definition) is 5. The zero-order valence-corrected chi connectivity index (χ0v) is 15.0. The van der Waals surface area contributed by atoms with Crippen molar-refractivity contribution in [2.45, 2.75) is 33.2 Å². The maximum Gasteiger partial charge on any atom is 0.328 e. The lowest BCUT2D eigenvalue weighted by molar-refractivity contribution is -0.142. The quantitative estimate of drug-likeness (QED) is 0.281. The number of amides is 1. The van der Waals surface area contributed by atoms with Gasteiger partial charge in [-0.15, -0.1) is 0 Å². The number of ether oxygens (including phenoxy) is 1. The highest BCUT2D eigenvalue weighted by atomic mass is 16.5. The summed E-state index contributed by atoms with van der Waals surface area (Å²) in [6.45, 7) is 4.54. The van der Waals surface area contributed by atoms with E-state index in [2.05, 4.69) is 5.32 Å². The van der Waals surface area contributed by atoms with E-state index in [9.17, 15) is 14.4 Å². The van der Waals surface area contributed by atoms with Gasteiger partial charge in [-0.05, 0) is 49.6 Å². The molecule has 0 radical (unpaired) electrons. The first-order valence-corrected chi connectivity index (χ1v) is 8.00. The van der Waals surface area contributed by atoms with Gasteiger partial charge in [-0.25, -0.2) is 4.79 Å². The molecular weight excluding hydrogens is 338 g/mol. The lowest BCUT2D eigenvalue weighted by Gasteiger charge is -2.10. The van der Waals surface area contributed by atoms with Crippen LogP contribution in [0.25, 0.3) is 6.08 Å². The Morgan fingerprint density at radius 1 is 1.23 bits per heavy atom. The first kappa shape index (κ1) is 21.1. The number of nitrogens with one attached hydrogen (secondary N) is 1. The van der Waals surface area contributed by atoms with Crippen molar-refractivity contribution in [3.8, 4) is 5.75 Å². The minimum atomic E-state index is -1.35. The van der Waals surface area contributed by atoms with Gasteiger partial charge in [0.1, 0.15) is 5.75 Å². The summed E-state index contributed by atoms with van der Waals surface area (Å²) in [7, 11) is 0. The standard InChI is InChI=1S/C19H23NO6/c1-12(2)4-7-15-10-14(5-8-17(15)26-13(3)22)6-9-18(23)20-16(11-21)19(24)25/h4-6,8-10,16,21H,7,11H2,1-3H3,(H,20,23)(H,24,25)/b9-6+/t16-/m0/s1. The number of hydrogen-bond donors (Lipinski definition) is 3. The summed E-state index contributed by atoms with van der Waals surface area (Å²) in [5.41, 5.74) is 2.58. The molecule has 1 aromatic carbocycles. The molecule has 0 spiro atoms. The van der Waals surface area contributed by atoms with E-state index in [1.807, 2.05) is 19.9 Å². The Kier molecular flexibility index (Phi) is 8.24. The van der Waals surface area contributed by atoms with Gasteiger partial charge in [0.05, 0.1) is 6.61 Å². The minimum Gasteiger partial charge on any atom is -0.480 e. The average Bonchev–Trinajstić information content (AvgIpc) is 2.56. The molecule has 0 unspecified atom stereocenters. The van der Waals surface area contributed by atoms with Gasteiger partial charge in [-0.3, -0.25) is 9.59 Å². The van der Waals surface area contributed by atoms with Gasteiger partial charge in [-0.2, -0.15) is 0 Å². The molecule has 0 aromatic heterocycles. The Balaban J connectivity index is 2.96. The Labute approximate surface area is 152 Å². The van der Waals surface area contributed by atoms with Gasteiger partial charge < -0.3 is 20.3 Å². The van der Waals surface area contributed by atoms with E-state index < -0.39 is 30.5 Å². The third-order valence-electron chi connectivity index (χ3n) is 3.29. The normalized spacial score (nSPS) is 11.7. The van der Waals surface area contributed by atoms with Crippen molar-refractivity contribution in [2.24, 2.45) is 0 Å². The van der Waals surface area contributed by atoms with E-state index in [0.29, 0.717) is 17.7 Å². The fraction of sp³-hybridized carbons (Fsp3) is 0.316. The summed E-state index contributed by atoms with van der Waals surface area (Å²) in [6, 6.07) is 3.74. The molecule has 0 aliphatic heterocycles. The predicted octanol–water partition coefficient (Wildman–Crippen LogP) is 1.70. The van der Waals surface area contributed by atoms with Crippen molar-refractivity contribution in [1.29, 1.82) is 0 Å². The number of aliphatic hydroxyl groups is 1. The third-order valence-corrected chi connectivity index (χ3v) is 3.29. The molecule has 0 bridgehead atoms. The molecule has 26 heavy (non-hydrogen) atoms. The van der Waals surface area contributed by atoms with E-state index >= 15 is 0 Å². The van der Waals surface area contributed by atoms with Crippen molar-refractivity contribution in [3.05, 3.63) is 47.1 Å². The van der Waals surface area contributed by atoms with Gasteiger partial charge in [0, 0.05) is 13.0 Å². The van der Waals surface area contributed by atoms with Crippen LogP contribution >= 0.6 is 0 Å². The van der Waals surface area contributed by atoms with Crippen LogP contribution < -0.4 is 10.1 Å². The second-order valence-electron chi connectivity index (χ2n) is 5.86. The molecule has 0 saturated carbocycles. The SMILES string of the molecule is CC(=O)Oc1ccc(/C=C/C(=O)N[C@@H](CO)C(=O)O)cc1CC=C(C)C. The lowest BCUT2D eigenvalue weighted by Crippen LogP contribution is -2.42. The number of carboxylic acid groups (broad SMARTS) is 1. The van der Waals surface area contributed by atoms with Crippen molar-refractivity contribution in [1.82, 2.24) is 5.32 Å². The van der Waals surface area contributed by atoms with Crippen LogP contribution in [0.5, 0.6) is 5.75 Å². The number of carboxylic acids is 1. The van der Waals surface area contributed by atoms with Crippen molar-refractivity contribution in [2.75, 3.05) is 6.61 Å². The zero-order valence-electron chi connectivity index (χ0n) is 15.0. The molecule has 0 fully saturated rings. The highest BCUT2D eigenvalue weighted by molar-refractivity contribution is 5.94. The van der Waals surface area contributed by atoms with Crippen LogP contribution in [0.4, 0.5) is 0 Å². The summed E-state index contributed by atoms with van der Waals surface area (Å²) in [6.07, 6.45) is 5.23. The van der Waals surface area contributed by atoms with Crippen LogP contribution in [0, 0.1) is 0 Å². The van der Waals surface area contributed by atoms with E-state index in [-0.39, 0.29) is 0 Å². The fourth-order valence-corrected chi connectivity index (χ4v) is 2.01. The first-order chi connectivity index (χ1) is 12.2. The number of aliphatic carboxylic acids is 1. The van der Waals surface area contributed by atoms with Gasteiger partial charge in [0.25, 0.3) is 0 Å². The molecule has 0 saturated heterocycles. The van der Waals surface area contributed by atoms with Crippen LogP contribution in [-0.2, 0) is 20.8 Å². The molecule has 140 valence electrons. The van der Waals surface area contributed by atoms with Crippen molar-refractivity contribution >= 4 is 23.9 Å².